The van der Waals surface area contributed by atoms with E-state index >= 15 is 0 Å². The summed E-state index contributed by atoms with van der Waals surface area (Å²) in [7, 11) is 0. The van der Waals surface area contributed by atoms with Crippen molar-refractivity contribution in [2.75, 3.05) is 6.54 Å². The summed E-state index contributed by atoms with van der Waals surface area (Å²) >= 11 is 0. The van der Waals surface area contributed by atoms with Crippen LogP contribution in [0, 0.1) is 6.92 Å². The van der Waals surface area contributed by atoms with Gasteiger partial charge in [0, 0.05) is 30.1 Å². The van der Waals surface area contributed by atoms with E-state index in [9.17, 15) is 9.59 Å². The summed E-state index contributed by atoms with van der Waals surface area (Å²) in [6.07, 6.45) is 0.336. The Morgan fingerprint density at radius 2 is 1.94 bits per heavy atom. The number of carbonyl (C=O) groups is 2. The van der Waals surface area contributed by atoms with Crippen molar-refractivity contribution in [2.45, 2.75) is 45.6 Å². The van der Waals surface area contributed by atoms with Gasteiger partial charge < -0.3 is 15.4 Å². The van der Waals surface area contributed by atoms with Gasteiger partial charge in [0.1, 0.15) is 11.5 Å². The fourth-order valence-corrected chi connectivity index (χ4v) is 4.36. The number of likely N-dealkylation sites (tertiary alicyclic amines) is 1. The zero-order valence-corrected chi connectivity index (χ0v) is 19.2. The number of para-hydroxylation sites is 1. The van der Waals surface area contributed by atoms with Gasteiger partial charge in [-0.15, -0.1) is 0 Å². The van der Waals surface area contributed by atoms with E-state index in [-0.39, 0.29) is 11.8 Å². The van der Waals surface area contributed by atoms with Crippen molar-refractivity contribution in [3.63, 3.8) is 0 Å². The molecule has 4 rings (SSSR count). The highest BCUT2D eigenvalue weighted by atomic mass is 16.5. The first kappa shape index (κ1) is 22.5. The lowest BCUT2D eigenvalue weighted by Gasteiger charge is -2.18. The fraction of sp³-hybridized carbons (Fsp3) is 0.296. The number of hydrogen-bond donors (Lipinski definition) is 1. The number of benzene rings is 2. The van der Waals surface area contributed by atoms with E-state index in [4.69, 9.17) is 10.5 Å². The Morgan fingerprint density at radius 3 is 2.67 bits per heavy atom. The molecule has 0 aliphatic carbocycles. The van der Waals surface area contributed by atoms with E-state index in [1.807, 2.05) is 61.5 Å². The number of primary amides is 1. The summed E-state index contributed by atoms with van der Waals surface area (Å²) in [5, 5.41) is 0. The first-order valence-corrected chi connectivity index (χ1v) is 11.2. The summed E-state index contributed by atoms with van der Waals surface area (Å²) in [5.74, 6) is 1.01. The Balaban J connectivity index is 1.56. The van der Waals surface area contributed by atoms with Crippen LogP contribution in [0.15, 0.2) is 60.7 Å². The van der Waals surface area contributed by atoms with Crippen molar-refractivity contribution in [1.82, 2.24) is 9.88 Å². The lowest BCUT2D eigenvalue weighted by atomic mass is 9.92. The highest BCUT2D eigenvalue weighted by Gasteiger charge is 2.33. The number of nitrogens with zero attached hydrogens (tertiary/aromatic N) is 2. The zero-order chi connectivity index (χ0) is 23.5. The molecule has 2 N–H and O–H groups in total. The Bertz CT molecular complexity index is 1190. The molecule has 1 unspecified atom stereocenters. The van der Waals surface area contributed by atoms with E-state index in [1.54, 1.807) is 11.0 Å². The molecule has 0 spiro atoms. The average Bonchev–Trinajstić information content (AvgIpc) is 3.14. The van der Waals surface area contributed by atoms with Gasteiger partial charge >= 0.3 is 0 Å². The van der Waals surface area contributed by atoms with Crippen LogP contribution in [-0.4, -0.2) is 28.2 Å². The quantitative estimate of drug-likeness (QED) is 0.562. The third kappa shape index (κ3) is 5.06. The number of nitrogens with two attached hydrogens (primary N) is 1. The summed E-state index contributed by atoms with van der Waals surface area (Å²) in [6, 6.07) is 19.0. The number of hydrogen-bond acceptors (Lipinski definition) is 4. The van der Waals surface area contributed by atoms with Gasteiger partial charge in [0.2, 0.25) is 11.8 Å². The fourth-order valence-electron chi connectivity index (χ4n) is 4.36. The second-order valence-corrected chi connectivity index (χ2v) is 8.85. The lowest BCUT2D eigenvalue weighted by molar-refractivity contribution is -0.128. The molecule has 1 atom stereocenters. The summed E-state index contributed by atoms with van der Waals surface area (Å²) in [6.45, 7) is 7.12. The molecule has 1 saturated heterocycles. The molecule has 0 radical (unpaired) electrons. The standard InChI is InChI=1S/C27H29N3O3/c1-17(2)22-9-4-5-10-25(22)33-21-11-12-23(24(14-21)27(28)32)19-13-26(31)30(15-19)16-20-8-6-7-18(3)29-20/h4-12,14,17,19H,13,15-16H2,1-3H3,(H2,28,32). The molecule has 2 heterocycles. The van der Waals surface area contributed by atoms with Gasteiger partial charge in [-0.25, -0.2) is 0 Å². The number of aryl methyl sites for hydroxylation is 1. The van der Waals surface area contributed by atoms with Crippen LogP contribution in [0.2, 0.25) is 0 Å². The normalized spacial score (nSPS) is 15.8. The van der Waals surface area contributed by atoms with Gasteiger partial charge in [-0.2, -0.15) is 0 Å². The van der Waals surface area contributed by atoms with Gasteiger partial charge in [0.25, 0.3) is 0 Å². The number of rotatable bonds is 7. The smallest absolute Gasteiger partial charge is 0.249 e. The maximum atomic E-state index is 12.7. The van der Waals surface area contributed by atoms with E-state index < -0.39 is 5.91 Å². The molecule has 1 fully saturated rings. The second-order valence-electron chi connectivity index (χ2n) is 8.85. The molecule has 0 saturated carbocycles. The van der Waals surface area contributed by atoms with E-state index in [1.165, 1.54) is 0 Å². The van der Waals surface area contributed by atoms with Crippen LogP contribution in [0.3, 0.4) is 0 Å². The van der Waals surface area contributed by atoms with Gasteiger partial charge in [-0.3, -0.25) is 14.6 Å². The SMILES string of the molecule is Cc1cccc(CN2CC(c3ccc(Oc4ccccc4C(C)C)cc3C(N)=O)CC2=O)n1. The van der Waals surface area contributed by atoms with Gasteiger partial charge in [-0.05, 0) is 54.3 Å². The highest BCUT2D eigenvalue weighted by molar-refractivity contribution is 5.95. The van der Waals surface area contributed by atoms with Crippen molar-refractivity contribution in [1.29, 1.82) is 0 Å². The van der Waals surface area contributed by atoms with Crippen LogP contribution in [0.25, 0.3) is 0 Å². The maximum absolute atomic E-state index is 12.7. The molecule has 3 aromatic rings. The predicted molar refractivity (Wildman–Crippen MR) is 127 cm³/mol. The monoisotopic (exact) mass is 443 g/mol. The average molecular weight is 444 g/mol. The van der Waals surface area contributed by atoms with E-state index in [0.29, 0.717) is 36.7 Å². The molecule has 6 nitrogen and oxygen atoms in total. The molecule has 1 aliphatic heterocycles. The van der Waals surface area contributed by atoms with Crippen LogP contribution in [0.5, 0.6) is 11.5 Å². The van der Waals surface area contributed by atoms with Crippen molar-refractivity contribution in [3.05, 3.63) is 88.7 Å². The molecule has 2 amide bonds. The predicted octanol–water partition coefficient (Wildman–Crippen LogP) is 4.92. The third-order valence-electron chi connectivity index (χ3n) is 6.01. The van der Waals surface area contributed by atoms with Crippen molar-refractivity contribution in [3.8, 4) is 11.5 Å². The van der Waals surface area contributed by atoms with E-state index in [2.05, 4.69) is 18.8 Å². The summed E-state index contributed by atoms with van der Waals surface area (Å²) in [5.41, 5.74) is 9.76. The Morgan fingerprint density at radius 1 is 1.15 bits per heavy atom. The number of aromatic nitrogens is 1. The maximum Gasteiger partial charge on any atom is 0.249 e. The van der Waals surface area contributed by atoms with Crippen LogP contribution in [0.4, 0.5) is 0 Å². The molecule has 1 aliphatic rings. The molecule has 170 valence electrons. The summed E-state index contributed by atoms with van der Waals surface area (Å²) < 4.78 is 6.12. The molecule has 0 bridgehead atoms. The molecular formula is C27H29N3O3. The number of pyridine rings is 1. The molecule has 1 aromatic heterocycles. The zero-order valence-electron chi connectivity index (χ0n) is 19.2. The minimum atomic E-state index is -0.529. The van der Waals surface area contributed by atoms with Gasteiger partial charge in [0.15, 0.2) is 0 Å². The topological polar surface area (TPSA) is 85.5 Å². The molecular weight excluding hydrogens is 414 g/mol. The Labute approximate surface area is 194 Å². The van der Waals surface area contributed by atoms with Crippen molar-refractivity contribution < 1.29 is 14.3 Å². The van der Waals surface area contributed by atoms with Crippen molar-refractivity contribution >= 4 is 11.8 Å². The second kappa shape index (κ2) is 9.45. The first-order valence-electron chi connectivity index (χ1n) is 11.2. The lowest BCUT2D eigenvalue weighted by Crippen LogP contribution is -2.25. The van der Waals surface area contributed by atoms with Crippen LogP contribution in [-0.2, 0) is 11.3 Å². The van der Waals surface area contributed by atoms with Gasteiger partial charge in [-0.1, -0.05) is 44.2 Å². The van der Waals surface area contributed by atoms with Crippen LogP contribution in [0.1, 0.15) is 65.0 Å². The highest BCUT2D eigenvalue weighted by Crippen LogP contribution is 2.35. The molecule has 2 aromatic carbocycles. The third-order valence-corrected chi connectivity index (χ3v) is 6.01. The minimum absolute atomic E-state index is 0.0462. The van der Waals surface area contributed by atoms with Crippen LogP contribution >= 0.6 is 0 Å². The summed E-state index contributed by atoms with van der Waals surface area (Å²) in [4.78, 5) is 31.3. The Kier molecular flexibility index (Phi) is 6.45. The largest absolute Gasteiger partial charge is 0.457 e. The van der Waals surface area contributed by atoms with Crippen LogP contribution < -0.4 is 10.5 Å². The number of carbonyl (C=O) groups excluding carboxylic acids is 2. The van der Waals surface area contributed by atoms with Gasteiger partial charge in [0.05, 0.1) is 12.2 Å². The first-order chi connectivity index (χ1) is 15.8. The van der Waals surface area contributed by atoms with Crippen molar-refractivity contribution in [2.24, 2.45) is 5.73 Å². The number of ether oxygens (including phenoxy) is 1. The molecule has 6 heteroatoms. The molecule has 33 heavy (non-hydrogen) atoms. The van der Waals surface area contributed by atoms with E-state index in [0.717, 1.165) is 28.3 Å². The minimum Gasteiger partial charge on any atom is -0.457 e. The Hall–Kier alpha value is -3.67. The number of amides is 2.